The lowest BCUT2D eigenvalue weighted by Gasteiger charge is -2.03. The molecule has 0 aliphatic carbocycles. The summed E-state index contributed by atoms with van der Waals surface area (Å²) >= 11 is 0. The van der Waals surface area contributed by atoms with Gasteiger partial charge in [0, 0.05) is 29.9 Å². The van der Waals surface area contributed by atoms with Crippen molar-refractivity contribution in [2.24, 2.45) is 0 Å². The topological polar surface area (TPSA) is 58.2 Å². The van der Waals surface area contributed by atoms with Crippen molar-refractivity contribution in [1.29, 1.82) is 0 Å². The molecule has 0 unspecified atom stereocenters. The summed E-state index contributed by atoms with van der Waals surface area (Å²) in [6.07, 6.45) is 8.46. The standard InChI is InChI=1S/C19H16N2O2/c1-3-15-5-4-6-18(13-15)21-19(23)12-9-16-7-10-17(11-8-16)20-14(2)22/h1,4-13H,2H3,(H,20,22)(H,21,23)/b12-9+. The molecule has 0 bridgehead atoms. The fourth-order valence-corrected chi connectivity index (χ4v) is 1.92. The smallest absolute Gasteiger partial charge is 0.248 e. The highest BCUT2D eigenvalue weighted by molar-refractivity contribution is 6.02. The van der Waals surface area contributed by atoms with Crippen LogP contribution in [0.4, 0.5) is 11.4 Å². The molecule has 0 aliphatic heterocycles. The van der Waals surface area contributed by atoms with Gasteiger partial charge in [-0.05, 0) is 42.0 Å². The molecule has 0 saturated heterocycles. The van der Waals surface area contributed by atoms with Crippen LogP contribution in [0, 0.1) is 12.3 Å². The highest BCUT2D eigenvalue weighted by atomic mass is 16.2. The van der Waals surface area contributed by atoms with Gasteiger partial charge in [-0.1, -0.05) is 24.1 Å². The molecule has 0 fully saturated rings. The molecule has 2 rings (SSSR count). The van der Waals surface area contributed by atoms with Crippen LogP contribution in [0.2, 0.25) is 0 Å². The highest BCUT2D eigenvalue weighted by Crippen LogP contribution is 2.12. The van der Waals surface area contributed by atoms with E-state index in [0.29, 0.717) is 16.9 Å². The van der Waals surface area contributed by atoms with E-state index in [1.807, 2.05) is 12.1 Å². The molecule has 0 heterocycles. The predicted octanol–water partition coefficient (Wildman–Crippen LogP) is 3.28. The van der Waals surface area contributed by atoms with Crippen LogP contribution >= 0.6 is 0 Å². The van der Waals surface area contributed by atoms with Crippen LogP contribution in [-0.2, 0) is 9.59 Å². The zero-order valence-corrected chi connectivity index (χ0v) is 12.7. The quantitative estimate of drug-likeness (QED) is 0.673. The molecule has 2 aromatic carbocycles. The van der Waals surface area contributed by atoms with E-state index in [9.17, 15) is 9.59 Å². The van der Waals surface area contributed by atoms with Crippen LogP contribution < -0.4 is 10.6 Å². The van der Waals surface area contributed by atoms with Gasteiger partial charge >= 0.3 is 0 Å². The number of terminal acetylenes is 1. The zero-order chi connectivity index (χ0) is 16.7. The van der Waals surface area contributed by atoms with Crippen molar-refractivity contribution in [3.05, 3.63) is 65.7 Å². The molecule has 0 aromatic heterocycles. The first kappa shape index (κ1) is 16.1. The Labute approximate surface area is 135 Å². The molecule has 2 N–H and O–H groups in total. The molecular weight excluding hydrogens is 288 g/mol. The van der Waals surface area contributed by atoms with Crippen molar-refractivity contribution < 1.29 is 9.59 Å². The van der Waals surface area contributed by atoms with Crippen LogP contribution in [0.3, 0.4) is 0 Å². The van der Waals surface area contributed by atoms with Gasteiger partial charge in [-0.3, -0.25) is 9.59 Å². The van der Waals surface area contributed by atoms with Crippen LogP contribution in [0.1, 0.15) is 18.1 Å². The number of benzene rings is 2. The largest absolute Gasteiger partial charge is 0.326 e. The molecule has 2 amide bonds. The van der Waals surface area contributed by atoms with Crippen molar-refractivity contribution in [2.75, 3.05) is 10.6 Å². The first-order valence-electron chi connectivity index (χ1n) is 7.00. The average molecular weight is 304 g/mol. The van der Waals surface area contributed by atoms with E-state index < -0.39 is 0 Å². The van der Waals surface area contributed by atoms with E-state index in [2.05, 4.69) is 16.6 Å². The Morgan fingerprint density at radius 3 is 2.43 bits per heavy atom. The van der Waals surface area contributed by atoms with Crippen molar-refractivity contribution in [3.8, 4) is 12.3 Å². The Balaban J connectivity index is 1.97. The first-order chi connectivity index (χ1) is 11.1. The van der Waals surface area contributed by atoms with E-state index in [0.717, 1.165) is 5.56 Å². The summed E-state index contributed by atoms with van der Waals surface area (Å²) in [5.74, 6) is 2.15. The maximum absolute atomic E-state index is 11.9. The van der Waals surface area contributed by atoms with Gasteiger partial charge in [0.2, 0.25) is 11.8 Å². The second-order valence-corrected chi connectivity index (χ2v) is 4.85. The van der Waals surface area contributed by atoms with Crippen LogP contribution in [0.5, 0.6) is 0 Å². The van der Waals surface area contributed by atoms with E-state index in [4.69, 9.17) is 6.42 Å². The average Bonchev–Trinajstić information content (AvgIpc) is 2.54. The van der Waals surface area contributed by atoms with E-state index in [1.165, 1.54) is 13.0 Å². The van der Waals surface area contributed by atoms with Crippen LogP contribution in [-0.4, -0.2) is 11.8 Å². The fraction of sp³-hybridized carbons (Fsp3) is 0.0526. The first-order valence-corrected chi connectivity index (χ1v) is 7.00. The van der Waals surface area contributed by atoms with Gasteiger partial charge < -0.3 is 10.6 Å². The van der Waals surface area contributed by atoms with Gasteiger partial charge in [0.25, 0.3) is 0 Å². The lowest BCUT2D eigenvalue weighted by atomic mass is 10.2. The fourth-order valence-electron chi connectivity index (χ4n) is 1.92. The molecule has 23 heavy (non-hydrogen) atoms. The number of anilines is 2. The van der Waals surface area contributed by atoms with Gasteiger partial charge in [0.1, 0.15) is 0 Å². The van der Waals surface area contributed by atoms with Crippen molar-refractivity contribution in [3.63, 3.8) is 0 Å². The predicted molar refractivity (Wildman–Crippen MR) is 92.8 cm³/mol. The number of hydrogen-bond acceptors (Lipinski definition) is 2. The summed E-state index contributed by atoms with van der Waals surface area (Å²) in [4.78, 5) is 22.8. The normalized spacial score (nSPS) is 10.1. The molecule has 4 nitrogen and oxygen atoms in total. The van der Waals surface area contributed by atoms with Gasteiger partial charge in [0.15, 0.2) is 0 Å². The molecule has 114 valence electrons. The summed E-state index contributed by atoms with van der Waals surface area (Å²) in [6, 6.07) is 14.3. The zero-order valence-electron chi connectivity index (χ0n) is 12.7. The number of hydrogen-bond donors (Lipinski definition) is 2. The molecular formula is C19H16N2O2. The molecule has 4 heteroatoms. The number of carbonyl (C=O) groups excluding carboxylic acids is 2. The summed E-state index contributed by atoms with van der Waals surface area (Å²) < 4.78 is 0. The molecule has 0 saturated carbocycles. The molecule has 2 aromatic rings. The third-order valence-electron chi connectivity index (χ3n) is 2.95. The highest BCUT2D eigenvalue weighted by Gasteiger charge is 1.99. The lowest BCUT2D eigenvalue weighted by Crippen LogP contribution is -2.07. The number of nitrogens with one attached hydrogen (secondary N) is 2. The molecule has 0 aliphatic rings. The van der Waals surface area contributed by atoms with Crippen LogP contribution in [0.25, 0.3) is 6.08 Å². The van der Waals surface area contributed by atoms with Gasteiger partial charge in [-0.25, -0.2) is 0 Å². The Morgan fingerprint density at radius 1 is 1.04 bits per heavy atom. The lowest BCUT2D eigenvalue weighted by molar-refractivity contribution is -0.114. The third-order valence-corrected chi connectivity index (χ3v) is 2.95. The number of carbonyl (C=O) groups is 2. The van der Waals surface area contributed by atoms with Gasteiger partial charge in [0.05, 0.1) is 0 Å². The number of amides is 2. The van der Waals surface area contributed by atoms with Crippen molar-refractivity contribution >= 4 is 29.3 Å². The SMILES string of the molecule is C#Cc1cccc(NC(=O)/C=C/c2ccc(NC(C)=O)cc2)c1. The number of rotatable bonds is 4. The summed E-state index contributed by atoms with van der Waals surface area (Å²) in [6.45, 7) is 1.45. The molecule has 0 atom stereocenters. The maximum Gasteiger partial charge on any atom is 0.248 e. The summed E-state index contributed by atoms with van der Waals surface area (Å²) in [7, 11) is 0. The van der Waals surface area contributed by atoms with E-state index in [1.54, 1.807) is 42.5 Å². The molecule has 0 spiro atoms. The van der Waals surface area contributed by atoms with Gasteiger partial charge in [-0.15, -0.1) is 6.42 Å². The van der Waals surface area contributed by atoms with E-state index >= 15 is 0 Å². The summed E-state index contributed by atoms with van der Waals surface area (Å²) in [5.41, 5.74) is 2.92. The minimum absolute atomic E-state index is 0.123. The van der Waals surface area contributed by atoms with Crippen LogP contribution in [0.15, 0.2) is 54.6 Å². The Kier molecular flexibility index (Phi) is 5.32. The second-order valence-electron chi connectivity index (χ2n) is 4.85. The monoisotopic (exact) mass is 304 g/mol. The summed E-state index contributed by atoms with van der Waals surface area (Å²) in [5, 5.41) is 5.43. The Morgan fingerprint density at radius 2 is 1.78 bits per heavy atom. The maximum atomic E-state index is 11.9. The van der Waals surface area contributed by atoms with Crippen molar-refractivity contribution in [1.82, 2.24) is 0 Å². The van der Waals surface area contributed by atoms with E-state index in [-0.39, 0.29) is 11.8 Å². The van der Waals surface area contributed by atoms with Crippen molar-refractivity contribution in [2.45, 2.75) is 6.92 Å². The van der Waals surface area contributed by atoms with Gasteiger partial charge in [-0.2, -0.15) is 0 Å². The second kappa shape index (κ2) is 7.62. The minimum atomic E-state index is -0.245. The third kappa shape index (κ3) is 5.18. The Hall–Kier alpha value is -3.32. The minimum Gasteiger partial charge on any atom is -0.326 e. The Bertz CT molecular complexity index is 784. The molecule has 0 radical (unpaired) electrons.